The fourth-order valence-corrected chi connectivity index (χ4v) is 2.46. The Balaban J connectivity index is 2.04. The third-order valence-corrected chi connectivity index (χ3v) is 3.56. The number of ether oxygens (including phenoxy) is 2. The molecule has 20 heavy (non-hydrogen) atoms. The molecule has 1 fully saturated rings. The maximum Gasteiger partial charge on any atom is 0.220 e. The van der Waals surface area contributed by atoms with E-state index in [-0.39, 0.29) is 18.9 Å². The van der Waals surface area contributed by atoms with Crippen LogP contribution in [0.4, 0.5) is 0 Å². The van der Waals surface area contributed by atoms with Crippen molar-refractivity contribution in [1.29, 1.82) is 0 Å². The first kappa shape index (κ1) is 14.7. The van der Waals surface area contributed by atoms with Gasteiger partial charge in [-0.25, -0.2) is 0 Å². The monoisotopic (exact) mass is 278 g/mol. The highest BCUT2D eigenvalue weighted by Crippen LogP contribution is 2.33. The van der Waals surface area contributed by atoms with Crippen molar-refractivity contribution in [2.75, 3.05) is 26.8 Å². The summed E-state index contributed by atoms with van der Waals surface area (Å²) in [7, 11) is 1.62. The average molecular weight is 278 g/mol. The van der Waals surface area contributed by atoms with Crippen LogP contribution in [0.25, 0.3) is 0 Å². The summed E-state index contributed by atoms with van der Waals surface area (Å²) in [6, 6.07) is 6.00. The summed E-state index contributed by atoms with van der Waals surface area (Å²) in [5, 5.41) is 3.41. The van der Waals surface area contributed by atoms with E-state index in [4.69, 9.17) is 15.2 Å². The highest BCUT2D eigenvalue weighted by molar-refractivity contribution is 5.73. The third kappa shape index (κ3) is 3.87. The molecular weight excluding hydrogens is 256 g/mol. The first-order valence-electron chi connectivity index (χ1n) is 7.00. The number of piperidine rings is 1. The van der Waals surface area contributed by atoms with Crippen LogP contribution in [0.15, 0.2) is 18.2 Å². The molecule has 0 bridgehead atoms. The smallest absolute Gasteiger partial charge is 0.220 e. The van der Waals surface area contributed by atoms with Crippen LogP contribution < -0.4 is 20.5 Å². The second kappa shape index (κ2) is 7.14. The number of nitrogens with one attached hydrogen (secondary N) is 1. The van der Waals surface area contributed by atoms with E-state index in [9.17, 15) is 4.79 Å². The number of nitrogens with two attached hydrogens (primary N) is 1. The molecule has 2 rings (SSSR count). The lowest BCUT2D eigenvalue weighted by molar-refractivity contribution is -0.118. The van der Waals surface area contributed by atoms with Gasteiger partial charge in [0.15, 0.2) is 11.5 Å². The summed E-state index contributed by atoms with van der Waals surface area (Å²) in [5.74, 6) is 1.52. The number of methoxy groups -OCH3 is 1. The van der Waals surface area contributed by atoms with E-state index in [2.05, 4.69) is 11.4 Å². The van der Waals surface area contributed by atoms with Gasteiger partial charge in [0.05, 0.1) is 20.1 Å². The van der Waals surface area contributed by atoms with Crippen molar-refractivity contribution in [1.82, 2.24) is 5.32 Å². The van der Waals surface area contributed by atoms with Gasteiger partial charge in [0, 0.05) is 6.54 Å². The molecule has 1 aliphatic rings. The molecule has 0 aromatic heterocycles. The lowest BCUT2D eigenvalue weighted by Gasteiger charge is -2.24. The van der Waals surface area contributed by atoms with Gasteiger partial charge < -0.3 is 20.5 Å². The van der Waals surface area contributed by atoms with Crippen LogP contribution in [0.2, 0.25) is 0 Å². The van der Waals surface area contributed by atoms with Gasteiger partial charge >= 0.3 is 0 Å². The molecule has 1 aliphatic heterocycles. The predicted octanol–water partition coefficient (Wildman–Crippen LogP) is 1.42. The summed E-state index contributed by atoms with van der Waals surface area (Å²) < 4.78 is 10.9. The summed E-state index contributed by atoms with van der Waals surface area (Å²) in [6.45, 7) is 2.38. The Hall–Kier alpha value is -1.75. The van der Waals surface area contributed by atoms with Crippen LogP contribution in [0.1, 0.15) is 30.7 Å². The normalized spacial score (nSPS) is 18.6. The molecule has 3 N–H and O–H groups in total. The second-order valence-electron chi connectivity index (χ2n) is 5.02. The van der Waals surface area contributed by atoms with Crippen LogP contribution >= 0.6 is 0 Å². The van der Waals surface area contributed by atoms with Gasteiger partial charge in [0.2, 0.25) is 5.91 Å². The Morgan fingerprint density at radius 1 is 1.45 bits per heavy atom. The Bertz CT molecular complexity index is 456. The topological polar surface area (TPSA) is 73.6 Å². The van der Waals surface area contributed by atoms with Crippen LogP contribution in [0, 0.1) is 0 Å². The SMILES string of the molecule is COc1cc(C2CCCNC2)ccc1OCCC(N)=O. The summed E-state index contributed by atoms with van der Waals surface area (Å²) in [5.41, 5.74) is 6.35. The zero-order valence-corrected chi connectivity index (χ0v) is 11.9. The Morgan fingerprint density at radius 3 is 2.95 bits per heavy atom. The summed E-state index contributed by atoms with van der Waals surface area (Å²) >= 11 is 0. The molecule has 1 atom stereocenters. The number of rotatable bonds is 6. The zero-order valence-electron chi connectivity index (χ0n) is 11.9. The Morgan fingerprint density at radius 2 is 2.30 bits per heavy atom. The first-order chi connectivity index (χ1) is 9.70. The summed E-state index contributed by atoms with van der Waals surface area (Å²) in [4.78, 5) is 10.7. The molecule has 1 heterocycles. The van der Waals surface area contributed by atoms with Gasteiger partial charge in [-0.05, 0) is 43.0 Å². The largest absolute Gasteiger partial charge is 0.493 e. The van der Waals surface area contributed by atoms with Crippen molar-refractivity contribution in [2.24, 2.45) is 5.73 Å². The molecule has 5 heteroatoms. The molecule has 1 aromatic carbocycles. The minimum absolute atomic E-state index is 0.206. The van der Waals surface area contributed by atoms with Gasteiger partial charge in [-0.2, -0.15) is 0 Å². The fraction of sp³-hybridized carbons (Fsp3) is 0.533. The molecule has 1 aromatic rings. The van der Waals surface area contributed by atoms with Gasteiger partial charge in [-0.1, -0.05) is 6.07 Å². The standard InChI is InChI=1S/C15H22N2O3/c1-19-14-9-11(12-3-2-7-17-10-12)4-5-13(14)20-8-6-15(16)18/h4-5,9,12,17H,2-3,6-8,10H2,1H3,(H2,16,18). The van der Waals surface area contributed by atoms with E-state index in [1.54, 1.807) is 7.11 Å². The Labute approximate surface area is 119 Å². The highest BCUT2D eigenvalue weighted by Gasteiger charge is 2.17. The number of amides is 1. The highest BCUT2D eigenvalue weighted by atomic mass is 16.5. The maximum atomic E-state index is 10.7. The first-order valence-corrected chi connectivity index (χ1v) is 7.00. The number of benzene rings is 1. The van der Waals surface area contributed by atoms with Crippen molar-refractivity contribution >= 4 is 5.91 Å². The van der Waals surface area contributed by atoms with E-state index in [1.165, 1.54) is 18.4 Å². The van der Waals surface area contributed by atoms with Crippen molar-refractivity contribution in [2.45, 2.75) is 25.2 Å². The van der Waals surface area contributed by atoms with Crippen LogP contribution in [-0.4, -0.2) is 32.7 Å². The molecular formula is C15H22N2O3. The van der Waals surface area contributed by atoms with Gasteiger partial charge in [0.1, 0.15) is 0 Å². The minimum atomic E-state index is -0.367. The Kier molecular flexibility index (Phi) is 5.24. The molecule has 0 aliphatic carbocycles. The lowest BCUT2D eigenvalue weighted by Crippen LogP contribution is -2.28. The number of hydrogen-bond acceptors (Lipinski definition) is 4. The van der Waals surface area contributed by atoms with E-state index < -0.39 is 0 Å². The lowest BCUT2D eigenvalue weighted by atomic mass is 9.91. The maximum absolute atomic E-state index is 10.7. The van der Waals surface area contributed by atoms with Gasteiger partial charge in [-0.15, -0.1) is 0 Å². The molecule has 1 amide bonds. The van der Waals surface area contributed by atoms with E-state index in [0.29, 0.717) is 17.4 Å². The molecule has 0 saturated carbocycles. The van der Waals surface area contributed by atoms with Crippen molar-refractivity contribution in [3.8, 4) is 11.5 Å². The number of hydrogen-bond donors (Lipinski definition) is 2. The molecule has 1 unspecified atom stereocenters. The zero-order chi connectivity index (χ0) is 14.4. The third-order valence-electron chi connectivity index (χ3n) is 3.56. The van der Waals surface area contributed by atoms with Crippen molar-refractivity contribution < 1.29 is 14.3 Å². The molecule has 110 valence electrons. The fourth-order valence-electron chi connectivity index (χ4n) is 2.46. The van der Waals surface area contributed by atoms with E-state index >= 15 is 0 Å². The number of carbonyl (C=O) groups excluding carboxylic acids is 1. The van der Waals surface area contributed by atoms with Crippen molar-refractivity contribution in [3.05, 3.63) is 23.8 Å². The minimum Gasteiger partial charge on any atom is -0.493 e. The van der Waals surface area contributed by atoms with Crippen LogP contribution in [0.5, 0.6) is 11.5 Å². The molecule has 0 spiro atoms. The van der Waals surface area contributed by atoms with Gasteiger partial charge in [-0.3, -0.25) is 4.79 Å². The van der Waals surface area contributed by atoms with E-state index in [1.807, 2.05) is 12.1 Å². The van der Waals surface area contributed by atoms with Crippen LogP contribution in [-0.2, 0) is 4.79 Å². The number of primary amides is 1. The number of carbonyl (C=O) groups is 1. The molecule has 0 radical (unpaired) electrons. The summed E-state index contributed by atoms with van der Waals surface area (Å²) in [6.07, 6.45) is 2.60. The average Bonchev–Trinajstić information content (AvgIpc) is 2.48. The van der Waals surface area contributed by atoms with Crippen molar-refractivity contribution in [3.63, 3.8) is 0 Å². The van der Waals surface area contributed by atoms with Gasteiger partial charge in [0.25, 0.3) is 0 Å². The quantitative estimate of drug-likeness (QED) is 0.825. The van der Waals surface area contributed by atoms with E-state index in [0.717, 1.165) is 13.1 Å². The molecule has 1 saturated heterocycles. The second-order valence-corrected chi connectivity index (χ2v) is 5.02. The predicted molar refractivity (Wildman–Crippen MR) is 77.1 cm³/mol. The van der Waals surface area contributed by atoms with Crippen LogP contribution in [0.3, 0.4) is 0 Å². The molecule has 5 nitrogen and oxygen atoms in total.